The number of anilines is 1. The van der Waals surface area contributed by atoms with Crippen molar-refractivity contribution >= 4 is 11.5 Å². The van der Waals surface area contributed by atoms with Gasteiger partial charge in [0.05, 0.1) is 12.3 Å². The van der Waals surface area contributed by atoms with Crippen molar-refractivity contribution in [2.45, 2.75) is 45.6 Å². The molecule has 1 N–H and O–H groups in total. The van der Waals surface area contributed by atoms with Gasteiger partial charge in [-0.05, 0) is 55.3 Å². The summed E-state index contributed by atoms with van der Waals surface area (Å²) in [5, 5.41) is 7.73. The maximum atomic E-state index is 13.4. The Morgan fingerprint density at radius 3 is 2.33 bits per heavy atom. The molecule has 2 aromatic heterocycles. The van der Waals surface area contributed by atoms with Gasteiger partial charge in [-0.3, -0.25) is 4.79 Å². The molecule has 0 unspecified atom stereocenters. The molecule has 0 aliphatic rings. The van der Waals surface area contributed by atoms with Crippen LogP contribution in [0.2, 0.25) is 0 Å². The molecule has 0 fully saturated rings. The highest BCUT2D eigenvalue weighted by molar-refractivity contribution is 6.12. The molecule has 0 amide bonds. The van der Waals surface area contributed by atoms with Crippen molar-refractivity contribution in [1.82, 2.24) is 15.1 Å². The van der Waals surface area contributed by atoms with Gasteiger partial charge in [-0.25, -0.2) is 4.98 Å². The number of aromatic nitrogens is 3. The Bertz CT molecular complexity index is 1860. The molecule has 0 radical (unpaired) electrons. The summed E-state index contributed by atoms with van der Waals surface area (Å²) in [6.45, 7) is 4.48. The lowest BCUT2D eigenvalue weighted by molar-refractivity contribution is 0.103. The van der Waals surface area contributed by atoms with Crippen LogP contribution in [-0.2, 0) is 19.3 Å². The zero-order valence-electron chi connectivity index (χ0n) is 26.0. The molecule has 46 heavy (non-hydrogen) atoms. The second-order valence-electron chi connectivity index (χ2n) is 11.1. The van der Waals surface area contributed by atoms with E-state index in [9.17, 15) is 4.79 Å². The van der Waals surface area contributed by atoms with E-state index in [-0.39, 0.29) is 11.8 Å². The molecule has 0 aliphatic carbocycles. The van der Waals surface area contributed by atoms with E-state index in [2.05, 4.69) is 27.4 Å². The number of hydrogen-bond acceptors (Lipinski definition) is 8. The second-order valence-corrected chi connectivity index (χ2v) is 11.1. The van der Waals surface area contributed by atoms with Gasteiger partial charge in [0.2, 0.25) is 11.8 Å². The molecule has 2 heterocycles. The Morgan fingerprint density at radius 2 is 1.57 bits per heavy atom. The third-order valence-corrected chi connectivity index (χ3v) is 7.68. The fourth-order valence-corrected chi connectivity index (χ4v) is 5.26. The van der Waals surface area contributed by atoms with Crippen LogP contribution in [0.1, 0.15) is 64.0 Å². The first kappa shape index (κ1) is 30.5. The number of aryl methyl sites for hydroxylation is 2. The Hall–Kier alpha value is -5.50. The van der Waals surface area contributed by atoms with Gasteiger partial charge < -0.3 is 19.0 Å². The molecule has 4 aromatic carbocycles. The van der Waals surface area contributed by atoms with Gasteiger partial charge in [-0.15, -0.1) is 0 Å². The molecule has 1 atom stereocenters. The molecule has 0 bridgehead atoms. The lowest BCUT2D eigenvalue weighted by atomic mass is 10.00. The van der Waals surface area contributed by atoms with Crippen LogP contribution in [0.5, 0.6) is 5.75 Å². The molecular weight excluding hydrogens is 576 g/mol. The molecule has 8 heteroatoms. The van der Waals surface area contributed by atoms with Crippen LogP contribution in [-0.4, -0.2) is 27.5 Å². The molecule has 232 valence electrons. The van der Waals surface area contributed by atoms with E-state index in [4.69, 9.17) is 13.7 Å². The largest absolute Gasteiger partial charge is 0.493 e. The number of oxazole rings is 1. The summed E-state index contributed by atoms with van der Waals surface area (Å²) in [6.07, 6.45) is 2.83. The monoisotopic (exact) mass is 612 g/mol. The van der Waals surface area contributed by atoms with Crippen molar-refractivity contribution in [2.75, 3.05) is 11.9 Å². The normalized spacial score (nSPS) is 11.7. The summed E-state index contributed by atoms with van der Waals surface area (Å²) in [4.78, 5) is 22.8. The second kappa shape index (κ2) is 14.5. The van der Waals surface area contributed by atoms with Crippen molar-refractivity contribution < 1.29 is 18.5 Å². The number of hydrogen-bond donors (Lipinski definition) is 1. The minimum absolute atomic E-state index is 0.0572. The first-order valence-corrected chi connectivity index (χ1v) is 15.6. The van der Waals surface area contributed by atoms with Crippen LogP contribution in [0, 0.1) is 6.92 Å². The zero-order chi connectivity index (χ0) is 31.7. The van der Waals surface area contributed by atoms with Gasteiger partial charge in [-0.1, -0.05) is 84.9 Å². The summed E-state index contributed by atoms with van der Waals surface area (Å²) in [6, 6.07) is 34.3. The van der Waals surface area contributed by atoms with E-state index in [1.54, 1.807) is 0 Å². The van der Waals surface area contributed by atoms with Gasteiger partial charge in [0.25, 0.3) is 0 Å². The number of benzene rings is 4. The minimum atomic E-state index is -0.358. The summed E-state index contributed by atoms with van der Waals surface area (Å²) in [7, 11) is 0. The molecule has 0 spiro atoms. The van der Waals surface area contributed by atoms with Crippen LogP contribution in [0.15, 0.2) is 118 Å². The maximum Gasteiger partial charge on any atom is 0.249 e. The van der Waals surface area contributed by atoms with Crippen molar-refractivity contribution in [3.8, 4) is 17.2 Å². The Balaban J connectivity index is 1.14. The summed E-state index contributed by atoms with van der Waals surface area (Å²) >= 11 is 0. The van der Waals surface area contributed by atoms with Crippen LogP contribution in [0.3, 0.4) is 0 Å². The number of nitrogens with zero attached hydrogens (tertiary/aromatic N) is 3. The van der Waals surface area contributed by atoms with Crippen molar-refractivity contribution in [3.05, 3.63) is 149 Å². The van der Waals surface area contributed by atoms with Crippen LogP contribution in [0.25, 0.3) is 11.5 Å². The highest BCUT2D eigenvalue weighted by Crippen LogP contribution is 2.28. The molecule has 0 aliphatic heterocycles. The number of nitrogens with one attached hydrogen (secondary N) is 1. The number of ether oxygens (including phenoxy) is 1. The first-order valence-electron chi connectivity index (χ1n) is 15.6. The van der Waals surface area contributed by atoms with Gasteiger partial charge in [0, 0.05) is 41.6 Å². The summed E-state index contributed by atoms with van der Waals surface area (Å²) in [5.41, 5.74) is 4.80. The van der Waals surface area contributed by atoms with E-state index in [1.165, 1.54) is 0 Å². The van der Waals surface area contributed by atoms with Crippen molar-refractivity contribution in [2.24, 2.45) is 0 Å². The van der Waals surface area contributed by atoms with Gasteiger partial charge >= 0.3 is 0 Å². The Kier molecular flexibility index (Phi) is 9.63. The Labute approximate surface area is 268 Å². The number of carbonyl (C=O) groups is 1. The number of para-hydroxylation sites is 1. The van der Waals surface area contributed by atoms with E-state index in [0.717, 1.165) is 41.2 Å². The topological polar surface area (TPSA) is 103 Å². The number of carbonyl (C=O) groups excluding carboxylic acids is 1. The zero-order valence-corrected chi connectivity index (χ0v) is 26.0. The molecule has 6 aromatic rings. The average Bonchev–Trinajstić information content (AvgIpc) is 3.72. The summed E-state index contributed by atoms with van der Waals surface area (Å²) < 4.78 is 17.7. The predicted molar refractivity (Wildman–Crippen MR) is 177 cm³/mol. The van der Waals surface area contributed by atoms with Crippen LogP contribution >= 0.6 is 0 Å². The molecule has 8 nitrogen and oxygen atoms in total. The first-order chi connectivity index (χ1) is 22.6. The quantitative estimate of drug-likeness (QED) is 0.123. The molecule has 6 rings (SSSR count). The minimum Gasteiger partial charge on any atom is -0.493 e. The van der Waals surface area contributed by atoms with Gasteiger partial charge in [-0.2, -0.15) is 4.98 Å². The van der Waals surface area contributed by atoms with E-state index in [0.29, 0.717) is 53.9 Å². The van der Waals surface area contributed by atoms with Crippen LogP contribution in [0.4, 0.5) is 5.69 Å². The molecular formula is C38H36N4O4. The van der Waals surface area contributed by atoms with E-state index in [1.807, 2.05) is 116 Å². The lowest BCUT2D eigenvalue weighted by Gasteiger charge is -2.19. The van der Waals surface area contributed by atoms with E-state index < -0.39 is 0 Å². The maximum absolute atomic E-state index is 13.4. The summed E-state index contributed by atoms with van der Waals surface area (Å²) in [5.74, 6) is 3.27. The molecule has 0 saturated heterocycles. The molecule has 0 saturated carbocycles. The Morgan fingerprint density at radius 1 is 0.848 bits per heavy atom. The number of ketones is 1. The average molecular weight is 613 g/mol. The standard InChI is InChI=1S/C38H36N4O4/c1-3-12-35-41-38(46-42-35)34(39-33-18-11-10-17-31(33)36(43)28-13-6-4-7-14-28)25-27-19-21-30(22-20-27)44-24-23-32-26(2)45-37(40-32)29-15-8-5-9-16-29/h4-11,13-22,34,39H,3,12,23-25H2,1-2H3/t34-/m0/s1. The van der Waals surface area contributed by atoms with Crippen molar-refractivity contribution in [1.29, 1.82) is 0 Å². The lowest BCUT2D eigenvalue weighted by Crippen LogP contribution is -2.17. The SMILES string of the molecule is CCCc1noc([C@H](Cc2ccc(OCCc3nc(-c4ccccc4)oc3C)cc2)Nc2ccccc2C(=O)c2ccccc2)n1. The number of rotatable bonds is 14. The fraction of sp³-hybridized carbons (Fsp3) is 0.211. The third kappa shape index (κ3) is 7.41. The van der Waals surface area contributed by atoms with Gasteiger partial charge in [0.15, 0.2) is 11.6 Å². The van der Waals surface area contributed by atoms with E-state index >= 15 is 0 Å². The highest BCUT2D eigenvalue weighted by Gasteiger charge is 2.23. The van der Waals surface area contributed by atoms with Crippen LogP contribution < -0.4 is 10.1 Å². The third-order valence-electron chi connectivity index (χ3n) is 7.68. The predicted octanol–water partition coefficient (Wildman–Crippen LogP) is 8.23. The van der Waals surface area contributed by atoms with Gasteiger partial charge in [0.1, 0.15) is 17.6 Å². The smallest absolute Gasteiger partial charge is 0.249 e. The highest BCUT2D eigenvalue weighted by atomic mass is 16.5. The fourth-order valence-electron chi connectivity index (χ4n) is 5.26. The van der Waals surface area contributed by atoms with Crippen molar-refractivity contribution in [3.63, 3.8) is 0 Å².